The zero-order chi connectivity index (χ0) is 24.0. The largest absolute Gasteiger partial charge is 0.469 e. The fourth-order valence-electron chi connectivity index (χ4n) is 5.02. The molecule has 1 saturated carbocycles. The molecule has 1 saturated heterocycles. The van der Waals surface area contributed by atoms with Gasteiger partial charge in [0.15, 0.2) is 11.3 Å². The van der Waals surface area contributed by atoms with Crippen LogP contribution in [-0.2, 0) is 9.53 Å². The molecule has 1 amide bonds. The van der Waals surface area contributed by atoms with Crippen LogP contribution in [-0.4, -0.2) is 64.2 Å². The second kappa shape index (κ2) is 9.12. The van der Waals surface area contributed by atoms with Crippen molar-refractivity contribution in [2.45, 2.75) is 47.1 Å². The van der Waals surface area contributed by atoms with Crippen molar-refractivity contribution in [3.8, 4) is 0 Å². The standard InChI is InChI=1S/C24H34ClN5O3/c1-13(2)10-29(15(5)14(3)4)22-9-20(25)26-21-8-19(27-30(21)22)24(32)28-11-17-16(18(17)12-28)7-23(31)33-6/h8-9,13-18H,7,10-12H2,1-6H3/t15-,16?,17-,18+/m1/s1. The highest BCUT2D eigenvalue weighted by Crippen LogP contribution is 2.53. The Kier molecular flexibility index (Phi) is 6.58. The Bertz CT molecular complexity index is 1040. The van der Waals surface area contributed by atoms with Gasteiger partial charge in [-0.15, -0.1) is 0 Å². The third-order valence-electron chi connectivity index (χ3n) is 7.20. The second-order valence-electron chi connectivity index (χ2n) is 10.2. The molecule has 1 unspecified atom stereocenters. The summed E-state index contributed by atoms with van der Waals surface area (Å²) in [6, 6.07) is 3.82. The van der Waals surface area contributed by atoms with Crippen molar-refractivity contribution >= 4 is 34.9 Å². The van der Waals surface area contributed by atoms with Crippen LogP contribution < -0.4 is 4.90 Å². The van der Waals surface area contributed by atoms with Gasteiger partial charge in [-0.1, -0.05) is 39.3 Å². The Morgan fingerprint density at radius 2 is 1.85 bits per heavy atom. The number of anilines is 1. The van der Waals surface area contributed by atoms with Gasteiger partial charge in [0.05, 0.1) is 7.11 Å². The van der Waals surface area contributed by atoms with Gasteiger partial charge in [-0.25, -0.2) is 4.98 Å². The molecule has 1 aliphatic carbocycles. The number of esters is 1. The van der Waals surface area contributed by atoms with Gasteiger partial charge >= 0.3 is 5.97 Å². The molecule has 0 spiro atoms. The summed E-state index contributed by atoms with van der Waals surface area (Å²) in [6.07, 6.45) is 0.438. The number of carbonyl (C=O) groups is 2. The van der Waals surface area contributed by atoms with Crippen molar-refractivity contribution in [1.29, 1.82) is 0 Å². The third kappa shape index (κ3) is 4.67. The van der Waals surface area contributed by atoms with Gasteiger partial charge in [0.2, 0.25) is 0 Å². The summed E-state index contributed by atoms with van der Waals surface area (Å²) in [4.78, 5) is 33.4. The molecular formula is C24H34ClN5O3. The van der Waals surface area contributed by atoms with E-state index in [1.165, 1.54) is 7.11 Å². The molecule has 2 aromatic rings. The molecule has 0 bridgehead atoms. The summed E-state index contributed by atoms with van der Waals surface area (Å²) in [5.74, 6) is 2.53. The number of aromatic nitrogens is 3. The van der Waals surface area contributed by atoms with Crippen LogP contribution in [0.25, 0.3) is 5.65 Å². The first-order chi connectivity index (χ1) is 15.6. The van der Waals surface area contributed by atoms with Gasteiger partial charge in [0.1, 0.15) is 11.0 Å². The first-order valence-electron chi connectivity index (χ1n) is 11.8. The quantitative estimate of drug-likeness (QED) is 0.427. The zero-order valence-electron chi connectivity index (χ0n) is 20.3. The lowest BCUT2D eigenvalue weighted by Gasteiger charge is -2.35. The summed E-state index contributed by atoms with van der Waals surface area (Å²) in [7, 11) is 1.42. The number of amides is 1. The highest BCUT2D eigenvalue weighted by Gasteiger charge is 2.57. The minimum Gasteiger partial charge on any atom is -0.469 e. The van der Waals surface area contributed by atoms with E-state index in [1.54, 1.807) is 10.6 Å². The molecule has 33 heavy (non-hydrogen) atoms. The number of nitrogens with zero attached hydrogens (tertiary/aromatic N) is 5. The van der Waals surface area contributed by atoms with Gasteiger partial charge in [0, 0.05) is 44.2 Å². The molecule has 0 aromatic carbocycles. The van der Waals surface area contributed by atoms with Gasteiger partial charge in [-0.2, -0.15) is 9.61 Å². The van der Waals surface area contributed by atoms with Crippen LogP contribution in [0.4, 0.5) is 5.82 Å². The molecule has 4 atom stereocenters. The molecule has 1 aliphatic heterocycles. The van der Waals surface area contributed by atoms with E-state index in [1.807, 2.05) is 11.0 Å². The van der Waals surface area contributed by atoms with Crippen LogP contribution in [0.1, 0.15) is 51.5 Å². The predicted octanol–water partition coefficient (Wildman–Crippen LogP) is 3.77. The second-order valence-corrected chi connectivity index (χ2v) is 10.6. The maximum Gasteiger partial charge on any atom is 0.305 e. The van der Waals surface area contributed by atoms with E-state index in [4.69, 9.17) is 16.3 Å². The molecule has 3 heterocycles. The molecule has 0 radical (unpaired) electrons. The number of likely N-dealkylation sites (tertiary alicyclic amines) is 1. The fourth-order valence-corrected chi connectivity index (χ4v) is 5.20. The average Bonchev–Trinajstić information content (AvgIpc) is 3.12. The average molecular weight is 476 g/mol. The van der Waals surface area contributed by atoms with Gasteiger partial charge < -0.3 is 14.5 Å². The van der Waals surface area contributed by atoms with Crippen molar-refractivity contribution in [2.75, 3.05) is 31.6 Å². The van der Waals surface area contributed by atoms with E-state index < -0.39 is 0 Å². The van der Waals surface area contributed by atoms with Crippen molar-refractivity contribution in [3.05, 3.63) is 23.0 Å². The van der Waals surface area contributed by atoms with Gasteiger partial charge in [0.25, 0.3) is 5.91 Å². The summed E-state index contributed by atoms with van der Waals surface area (Å²) in [6.45, 7) is 13.1. The van der Waals surface area contributed by atoms with Crippen molar-refractivity contribution < 1.29 is 14.3 Å². The van der Waals surface area contributed by atoms with Crippen LogP contribution in [0, 0.1) is 29.6 Å². The minimum atomic E-state index is -0.176. The van der Waals surface area contributed by atoms with E-state index in [9.17, 15) is 9.59 Å². The lowest BCUT2D eigenvalue weighted by atomic mass is 10.0. The molecular weight excluding hydrogens is 442 g/mol. The smallest absolute Gasteiger partial charge is 0.305 e. The number of carbonyl (C=O) groups excluding carboxylic acids is 2. The number of piperidine rings is 1. The van der Waals surface area contributed by atoms with Crippen molar-refractivity contribution in [2.24, 2.45) is 29.6 Å². The maximum atomic E-state index is 13.2. The molecule has 2 fully saturated rings. The highest BCUT2D eigenvalue weighted by atomic mass is 35.5. The lowest BCUT2D eigenvalue weighted by molar-refractivity contribution is -0.141. The Morgan fingerprint density at radius 1 is 1.18 bits per heavy atom. The highest BCUT2D eigenvalue weighted by molar-refractivity contribution is 6.29. The predicted molar refractivity (Wildman–Crippen MR) is 127 cm³/mol. The SMILES string of the molecule is COC(=O)CC1[C@H]2CN(C(=O)c3cc4nc(Cl)cc(N(CC(C)C)[C@H](C)C(C)C)n4n3)C[C@@H]12. The van der Waals surface area contributed by atoms with E-state index >= 15 is 0 Å². The first-order valence-corrected chi connectivity index (χ1v) is 12.2. The first kappa shape index (κ1) is 23.8. The third-order valence-corrected chi connectivity index (χ3v) is 7.39. The molecule has 180 valence electrons. The minimum absolute atomic E-state index is 0.0982. The van der Waals surface area contributed by atoms with E-state index in [0.29, 0.717) is 65.6 Å². The number of rotatable bonds is 8. The molecule has 2 aliphatic rings. The lowest BCUT2D eigenvalue weighted by Crippen LogP contribution is -2.40. The van der Waals surface area contributed by atoms with Gasteiger partial charge in [-0.3, -0.25) is 9.59 Å². The Labute approximate surface area is 200 Å². The van der Waals surface area contributed by atoms with Crippen molar-refractivity contribution in [1.82, 2.24) is 19.5 Å². The fraction of sp³-hybridized carbons (Fsp3) is 0.667. The summed E-state index contributed by atoms with van der Waals surface area (Å²) in [5, 5.41) is 5.06. The van der Waals surface area contributed by atoms with Crippen LogP contribution in [0.3, 0.4) is 0 Å². The van der Waals surface area contributed by atoms with Crippen molar-refractivity contribution in [3.63, 3.8) is 0 Å². The summed E-state index contributed by atoms with van der Waals surface area (Å²) < 4.78 is 6.53. The van der Waals surface area contributed by atoms with Crippen LogP contribution in [0.5, 0.6) is 0 Å². The Morgan fingerprint density at radius 3 is 2.42 bits per heavy atom. The zero-order valence-corrected chi connectivity index (χ0v) is 21.0. The number of fused-ring (bicyclic) bond motifs is 2. The van der Waals surface area contributed by atoms with Crippen LogP contribution >= 0.6 is 11.6 Å². The Hall–Kier alpha value is -2.35. The molecule has 0 N–H and O–H groups in total. The number of hydrogen-bond acceptors (Lipinski definition) is 6. The normalized spacial score (nSPS) is 22.7. The number of methoxy groups -OCH3 is 1. The maximum absolute atomic E-state index is 13.2. The summed E-state index contributed by atoms with van der Waals surface area (Å²) in [5.41, 5.74) is 0.942. The number of hydrogen-bond donors (Lipinski definition) is 0. The number of ether oxygens (including phenoxy) is 1. The molecule has 8 nitrogen and oxygen atoms in total. The van der Waals surface area contributed by atoms with Gasteiger partial charge in [-0.05, 0) is 36.5 Å². The van der Waals surface area contributed by atoms with Crippen LogP contribution in [0.2, 0.25) is 5.15 Å². The molecule has 2 aromatic heterocycles. The monoisotopic (exact) mass is 475 g/mol. The number of halogens is 1. The van der Waals surface area contributed by atoms with Crippen LogP contribution in [0.15, 0.2) is 12.1 Å². The topological polar surface area (TPSA) is 80.0 Å². The Balaban J connectivity index is 1.57. The van der Waals surface area contributed by atoms with E-state index in [2.05, 4.69) is 49.6 Å². The summed E-state index contributed by atoms with van der Waals surface area (Å²) >= 11 is 6.39. The molecule has 4 rings (SSSR count). The molecule has 9 heteroatoms. The van der Waals surface area contributed by atoms with E-state index in [0.717, 1.165) is 12.4 Å². The van der Waals surface area contributed by atoms with E-state index in [-0.39, 0.29) is 17.9 Å².